The Balaban J connectivity index is 1.30. The summed E-state index contributed by atoms with van der Waals surface area (Å²) in [5, 5.41) is 12.2. The van der Waals surface area contributed by atoms with Crippen LogP contribution >= 0.6 is 0 Å². The molecule has 3 aromatic carbocycles. The molecule has 1 aliphatic carbocycles. The number of nitrogens with zero attached hydrogens (tertiary/aromatic N) is 3. The third-order valence-electron chi connectivity index (χ3n) is 7.57. The highest BCUT2D eigenvalue weighted by Crippen LogP contribution is 2.43. The molecule has 2 heterocycles. The van der Waals surface area contributed by atoms with Crippen LogP contribution in [0.3, 0.4) is 0 Å². The second-order valence-electron chi connectivity index (χ2n) is 9.71. The molecule has 1 aromatic heterocycles. The van der Waals surface area contributed by atoms with E-state index in [0.29, 0.717) is 0 Å². The van der Waals surface area contributed by atoms with E-state index in [9.17, 15) is 5.11 Å². The number of rotatable bonds is 6. The van der Waals surface area contributed by atoms with Crippen molar-refractivity contribution in [1.82, 2.24) is 9.55 Å². The quantitative estimate of drug-likeness (QED) is 0.427. The second-order valence-corrected chi connectivity index (χ2v) is 9.71. The van der Waals surface area contributed by atoms with Gasteiger partial charge in [-0.2, -0.15) is 0 Å². The van der Waals surface area contributed by atoms with Crippen LogP contribution in [0.2, 0.25) is 0 Å². The maximum Gasteiger partial charge on any atom is 0.206 e. The zero-order valence-corrected chi connectivity index (χ0v) is 19.0. The average Bonchev–Trinajstić information content (AvgIpc) is 3.64. The van der Waals surface area contributed by atoms with Gasteiger partial charge in [-0.15, -0.1) is 0 Å². The summed E-state index contributed by atoms with van der Waals surface area (Å²) in [5.41, 5.74) is 3.31. The van der Waals surface area contributed by atoms with Crippen LogP contribution in [-0.4, -0.2) is 27.7 Å². The van der Waals surface area contributed by atoms with Gasteiger partial charge in [0, 0.05) is 19.6 Å². The molecule has 6 rings (SSSR count). The first-order chi connectivity index (χ1) is 16.2. The molecule has 0 amide bonds. The minimum Gasteiger partial charge on any atom is -0.380 e. The lowest BCUT2D eigenvalue weighted by Crippen LogP contribution is -2.45. The summed E-state index contributed by atoms with van der Waals surface area (Å²) in [6, 6.07) is 28.9. The largest absolute Gasteiger partial charge is 0.380 e. The highest BCUT2D eigenvalue weighted by molar-refractivity contribution is 5.78. The molecule has 0 spiro atoms. The molecule has 2 fully saturated rings. The molecule has 2 aliphatic rings. The molecule has 4 heteroatoms. The van der Waals surface area contributed by atoms with E-state index in [1.807, 2.05) is 36.4 Å². The van der Waals surface area contributed by atoms with Crippen LogP contribution in [0.25, 0.3) is 11.0 Å². The van der Waals surface area contributed by atoms with Crippen molar-refractivity contribution in [1.29, 1.82) is 0 Å². The van der Waals surface area contributed by atoms with E-state index in [1.165, 1.54) is 18.4 Å². The third-order valence-corrected chi connectivity index (χ3v) is 7.57. The number of benzene rings is 3. The van der Waals surface area contributed by atoms with Gasteiger partial charge >= 0.3 is 0 Å². The van der Waals surface area contributed by atoms with Crippen LogP contribution in [0.15, 0.2) is 84.9 Å². The Morgan fingerprint density at radius 1 is 0.758 bits per heavy atom. The first-order valence-corrected chi connectivity index (χ1v) is 12.3. The summed E-state index contributed by atoms with van der Waals surface area (Å²) in [6.07, 6.45) is 4.50. The molecule has 0 atom stereocenters. The Morgan fingerprint density at radius 3 is 1.94 bits per heavy atom. The smallest absolute Gasteiger partial charge is 0.206 e. The molecule has 0 bridgehead atoms. The zero-order chi connectivity index (χ0) is 22.3. The summed E-state index contributed by atoms with van der Waals surface area (Å²) in [5.74, 6) is 2.05. The minimum atomic E-state index is -0.983. The van der Waals surface area contributed by atoms with E-state index < -0.39 is 5.60 Å². The second kappa shape index (κ2) is 8.35. The maximum absolute atomic E-state index is 12.2. The van der Waals surface area contributed by atoms with Gasteiger partial charge in [0.25, 0.3) is 0 Å². The molecule has 4 aromatic rings. The van der Waals surface area contributed by atoms with Gasteiger partial charge in [0.1, 0.15) is 5.60 Å². The van der Waals surface area contributed by atoms with E-state index >= 15 is 0 Å². The van der Waals surface area contributed by atoms with Gasteiger partial charge in [-0.3, -0.25) is 0 Å². The van der Waals surface area contributed by atoms with Crippen LogP contribution in [0.1, 0.15) is 36.8 Å². The summed E-state index contributed by atoms with van der Waals surface area (Å²) in [6.45, 7) is 2.87. The molecular formula is C29H31N3O. The number of para-hydroxylation sites is 2. The highest BCUT2D eigenvalue weighted by Gasteiger charge is 2.42. The summed E-state index contributed by atoms with van der Waals surface area (Å²) >= 11 is 0. The van der Waals surface area contributed by atoms with Crippen molar-refractivity contribution in [2.45, 2.75) is 37.8 Å². The van der Waals surface area contributed by atoms with Crippen molar-refractivity contribution >= 4 is 17.0 Å². The monoisotopic (exact) mass is 437 g/mol. The van der Waals surface area contributed by atoms with Crippen molar-refractivity contribution in [3.05, 3.63) is 96.1 Å². The van der Waals surface area contributed by atoms with Gasteiger partial charge in [0.05, 0.1) is 11.0 Å². The highest BCUT2D eigenvalue weighted by atomic mass is 16.3. The molecule has 0 unspecified atom stereocenters. The molecule has 1 N–H and O–H groups in total. The lowest BCUT2D eigenvalue weighted by molar-refractivity contribution is 0.00490. The molecule has 33 heavy (non-hydrogen) atoms. The van der Waals surface area contributed by atoms with E-state index in [-0.39, 0.29) is 5.92 Å². The van der Waals surface area contributed by atoms with Gasteiger partial charge in [-0.05, 0) is 60.8 Å². The van der Waals surface area contributed by atoms with Gasteiger partial charge < -0.3 is 14.6 Å². The van der Waals surface area contributed by atoms with Crippen LogP contribution in [-0.2, 0) is 12.1 Å². The zero-order valence-electron chi connectivity index (χ0n) is 19.0. The number of aliphatic hydroxyl groups is 1. The predicted octanol–water partition coefficient (Wildman–Crippen LogP) is 5.60. The number of anilines is 1. The molecule has 1 saturated heterocycles. The number of hydrogen-bond acceptors (Lipinski definition) is 3. The van der Waals surface area contributed by atoms with Gasteiger partial charge in [-0.1, -0.05) is 72.8 Å². The number of fused-ring (bicyclic) bond motifs is 1. The van der Waals surface area contributed by atoms with Crippen molar-refractivity contribution < 1.29 is 5.11 Å². The van der Waals surface area contributed by atoms with Crippen LogP contribution in [0, 0.1) is 11.8 Å². The summed E-state index contributed by atoms with van der Waals surface area (Å²) in [7, 11) is 0. The fourth-order valence-corrected chi connectivity index (χ4v) is 5.56. The Kier molecular flexibility index (Phi) is 5.18. The van der Waals surface area contributed by atoms with Crippen LogP contribution < -0.4 is 4.90 Å². The topological polar surface area (TPSA) is 41.3 Å². The Bertz CT molecular complexity index is 1180. The fraction of sp³-hybridized carbons (Fsp3) is 0.345. The fourth-order valence-electron chi connectivity index (χ4n) is 5.56. The van der Waals surface area contributed by atoms with Crippen molar-refractivity contribution in [3.8, 4) is 0 Å². The molecule has 1 saturated carbocycles. The molecule has 1 aliphatic heterocycles. The minimum absolute atomic E-state index is 0.153. The number of hydrogen-bond donors (Lipinski definition) is 1. The lowest BCUT2D eigenvalue weighted by atomic mass is 9.72. The van der Waals surface area contributed by atoms with E-state index in [2.05, 4.69) is 58.0 Å². The van der Waals surface area contributed by atoms with Gasteiger partial charge in [-0.25, -0.2) is 4.98 Å². The first-order valence-electron chi connectivity index (χ1n) is 12.3. The van der Waals surface area contributed by atoms with Crippen molar-refractivity contribution in [2.24, 2.45) is 11.8 Å². The van der Waals surface area contributed by atoms with Gasteiger partial charge in [0.15, 0.2) is 0 Å². The van der Waals surface area contributed by atoms with E-state index in [1.54, 1.807) is 0 Å². The first kappa shape index (κ1) is 20.5. The Labute approximate surface area is 195 Å². The van der Waals surface area contributed by atoms with Crippen molar-refractivity contribution in [2.75, 3.05) is 18.0 Å². The van der Waals surface area contributed by atoms with E-state index in [0.717, 1.165) is 61.0 Å². The van der Waals surface area contributed by atoms with Crippen LogP contribution in [0.5, 0.6) is 0 Å². The lowest BCUT2D eigenvalue weighted by Gasteiger charge is -2.42. The number of aromatic nitrogens is 2. The normalized spacial score (nSPS) is 17.5. The predicted molar refractivity (Wildman–Crippen MR) is 133 cm³/mol. The Morgan fingerprint density at radius 2 is 1.33 bits per heavy atom. The standard InChI is InChI=1S/C29H31N3O/c33-29(23-9-3-1-4-10-23,24-11-5-2-6-12-24)25-17-19-31(20-18-25)28-30-26-13-7-8-14-27(26)32(28)21-22-15-16-22/h1-14,22,25,33H,15-21H2. The molecule has 168 valence electrons. The number of piperidine rings is 1. The number of imidazole rings is 1. The summed E-state index contributed by atoms with van der Waals surface area (Å²) in [4.78, 5) is 7.49. The molecular weight excluding hydrogens is 406 g/mol. The SMILES string of the molecule is OC(c1ccccc1)(c1ccccc1)C1CCN(c2nc3ccccc3n2CC2CC2)CC1. The third kappa shape index (κ3) is 3.72. The van der Waals surface area contributed by atoms with Gasteiger partial charge in [0.2, 0.25) is 5.95 Å². The average molecular weight is 438 g/mol. The summed E-state index contributed by atoms with van der Waals surface area (Å²) < 4.78 is 2.44. The maximum atomic E-state index is 12.2. The Hall–Kier alpha value is -3.11. The van der Waals surface area contributed by atoms with E-state index in [4.69, 9.17) is 4.98 Å². The molecule has 4 nitrogen and oxygen atoms in total. The molecule has 0 radical (unpaired) electrons. The van der Waals surface area contributed by atoms with Crippen molar-refractivity contribution in [3.63, 3.8) is 0 Å². The van der Waals surface area contributed by atoms with Crippen LogP contribution in [0.4, 0.5) is 5.95 Å².